The molecule has 200 valence electrons. The molecule has 0 aromatic heterocycles. The van der Waals surface area contributed by atoms with E-state index < -0.39 is 5.76 Å². The highest BCUT2D eigenvalue weighted by Gasteiger charge is 2.21. The Labute approximate surface area is 223 Å². The summed E-state index contributed by atoms with van der Waals surface area (Å²) in [6.45, 7) is 4.67. The lowest BCUT2D eigenvalue weighted by Gasteiger charge is -2.26. The number of nitrogens with zero attached hydrogens (tertiary/aromatic N) is 4. The first-order chi connectivity index (χ1) is 18.5. The van der Waals surface area contributed by atoms with Gasteiger partial charge in [-0.3, -0.25) is 19.7 Å². The van der Waals surface area contributed by atoms with Crippen LogP contribution in [0.15, 0.2) is 70.1 Å². The zero-order valence-corrected chi connectivity index (χ0v) is 21.6. The minimum atomic E-state index is -0.425. The second-order valence-electron chi connectivity index (χ2n) is 8.84. The summed E-state index contributed by atoms with van der Waals surface area (Å²) in [6, 6.07) is 16.1. The Morgan fingerprint density at radius 1 is 1.13 bits per heavy atom. The molecule has 1 heterocycles. The first kappa shape index (κ1) is 28.4. The van der Waals surface area contributed by atoms with Crippen LogP contribution in [0.3, 0.4) is 0 Å². The van der Waals surface area contributed by atoms with E-state index in [9.17, 15) is 9.90 Å². The minimum absolute atomic E-state index is 0.238. The quantitative estimate of drug-likeness (QED) is 0.0512. The normalized spacial score (nSPS) is 15.5. The summed E-state index contributed by atoms with van der Waals surface area (Å²) < 4.78 is 5.41. The highest BCUT2D eigenvalue weighted by molar-refractivity contribution is 5.73. The van der Waals surface area contributed by atoms with E-state index in [0.29, 0.717) is 18.4 Å². The van der Waals surface area contributed by atoms with Gasteiger partial charge in [0.2, 0.25) is 0 Å². The van der Waals surface area contributed by atoms with E-state index in [4.69, 9.17) is 16.4 Å². The molecule has 2 aromatic carbocycles. The van der Waals surface area contributed by atoms with Gasteiger partial charge in [-0.15, -0.1) is 0 Å². The number of allylic oxidation sites excluding steroid dienone is 1. The van der Waals surface area contributed by atoms with Crippen LogP contribution < -0.4 is 17.0 Å². The molecule has 6 N–H and O–H groups in total. The predicted octanol–water partition coefficient (Wildman–Crippen LogP) is 1.37. The van der Waals surface area contributed by atoms with Crippen LogP contribution in [0.5, 0.6) is 0 Å². The molecule has 1 aliphatic heterocycles. The van der Waals surface area contributed by atoms with Crippen LogP contribution in [0.2, 0.25) is 0 Å². The summed E-state index contributed by atoms with van der Waals surface area (Å²) in [5.41, 5.74) is 4.36. The average Bonchev–Trinajstić information content (AvgIpc) is 2.94. The zero-order chi connectivity index (χ0) is 27.2. The van der Waals surface area contributed by atoms with Crippen LogP contribution in [0.25, 0.3) is 0 Å². The number of carbonyl (C=O) groups is 1. The van der Waals surface area contributed by atoms with E-state index >= 15 is 0 Å². The van der Waals surface area contributed by atoms with Gasteiger partial charge in [0.25, 0.3) is 0 Å². The van der Waals surface area contributed by atoms with Crippen molar-refractivity contribution in [3.05, 3.63) is 82.2 Å². The first-order valence-corrected chi connectivity index (χ1v) is 12.3. The van der Waals surface area contributed by atoms with Crippen molar-refractivity contribution in [2.75, 3.05) is 39.9 Å². The van der Waals surface area contributed by atoms with Crippen LogP contribution in [-0.4, -0.2) is 73.9 Å². The number of benzene rings is 2. The number of aliphatic hydroxyl groups excluding tert-OH is 1. The van der Waals surface area contributed by atoms with Crippen LogP contribution in [0.1, 0.15) is 22.3 Å². The second kappa shape index (κ2) is 15.2. The van der Waals surface area contributed by atoms with Crippen LogP contribution >= 0.6 is 0 Å². The van der Waals surface area contributed by atoms with E-state index in [-0.39, 0.29) is 12.5 Å². The molecular formula is C28H35N7O3. The summed E-state index contributed by atoms with van der Waals surface area (Å²) in [4.78, 5) is 17.6. The third-order valence-electron chi connectivity index (χ3n) is 6.04. The van der Waals surface area contributed by atoms with Gasteiger partial charge < -0.3 is 21.0 Å². The van der Waals surface area contributed by atoms with Crippen molar-refractivity contribution in [2.24, 2.45) is 27.7 Å². The molecule has 10 heteroatoms. The van der Waals surface area contributed by atoms with Crippen molar-refractivity contribution >= 4 is 19.0 Å². The van der Waals surface area contributed by atoms with Crippen molar-refractivity contribution in [3.8, 4) is 11.8 Å². The van der Waals surface area contributed by atoms with Crippen molar-refractivity contribution in [3.63, 3.8) is 0 Å². The fourth-order valence-corrected chi connectivity index (χ4v) is 4.11. The van der Waals surface area contributed by atoms with Crippen LogP contribution in [0, 0.1) is 17.8 Å². The highest BCUT2D eigenvalue weighted by atomic mass is 16.5. The number of aliphatic hydroxyl groups is 1. The molecule has 0 spiro atoms. The van der Waals surface area contributed by atoms with Gasteiger partial charge in [0.15, 0.2) is 12.0 Å². The Hall–Kier alpha value is -4.17. The number of morpholine rings is 1. The Morgan fingerprint density at radius 3 is 2.29 bits per heavy atom. The van der Waals surface area contributed by atoms with Gasteiger partial charge in [-0.1, -0.05) is 36.1 Å². The molecule has 0 radical (unpaired) electrons. The fraction of sp³-hybridized carbons (Fsp3) is 0.321. The molecule has 0 aliphatic carbocycles. The summed E-state index contributed by atoms with van der Waals surface area (Å²) in [6.07, 6.45) is 3.52. The van der Waals surface area contributed by atoms with Crippen molar-refractivity contribution in [1.82, 2.24) is 15.2 Å². The lowest BCUT2D eigenvalue weighted by molar-refractivity contribution is -0.107. The maximum Gasteiger partial charge on any atom is 0.186 e. The Morgan fingerprint density at radius 2 is 1.74 bits per heavy atom. The third kappa shape index (κ3) is 9.05. The lowest BCUT2D eigenvalue weighted by Crippen LogP contribution is -2.38. The van der Waals surface area contributed by atoms with E-state index in [1.807, 2.05) is 36.4 Å². The number of ether oxygens (including phenoxy) is 1. The molecule has 1 atom stereocenters. The molecule has 0 amide bonds. The summed E-state index contributed by atoms with van der Waals surface area (Å²) in [7, 11) is 1.58. The molecule has 10 nitrogen and oxygen atoms in total. The number of hydrogen-bond donors (Lipinski definition) is 4. The van der Waals surface area contributed by atoms with Gasteiger partial charge in [0, 0.05) is 50.3 Å². The highest BCUT2D eigenvalue weighted by Crippen LogP contribution is 2.19. The van der Waals surface area contributed by atoms with Gasteiger partial charge >= 0.3 is 0 Å². The number of rotatable bonds is 11. The molecule has 0 bridgehead atoms. The van der Waals surface area contributed by atoms with Crippen molar-refractivity contribution < 1.29 is 14.6 Å². The lowest BCUT2D eigenvalue weighted by atomic mass is 9.94. The molecule has 38 heavy (non-hydrogen) atoms. The largest absolute Gasteiger partial charge is 0.503 e. The summed E-state index contributed by atoms with van der Waals surface area (Å²) in [5, 5.41) is 17.8. The number of nitrogens with two attached hydrogens (primary N) is 2. The van der Waals surface area contributed by atoms with Gasteiger partial charge in [-0.25, -0.2) is 5.84 Å². The van der Waals surface area contributed by atoms with Crippen molar-refractivity contribution in [1.29, 1.82) is 0 Å². The third-order valence-corrected chi connectivity index (χ3v) is 6.04. The molecule has 1 unspecified atom stereocenters. The SMILES string of the molecule is CN=CN/C(=C(/O)C=O)C(Cc1ccc(C#Cc2ccc(CN3CCOCC3)cc2)cc1)CN(N)/C=N\N. The van der Waals surface area contributed by atoms with Crippen LogP contribution in [-0.2, 0) is 22.5 Å². The number of nitrogens with one attached hydrogen (secondary N) is 1. The van der Waals surface area contributed by atoms with E-state index in [0.717, 1.165) is 49.5 Å². The molecular weight excluding hydrogens is 482 g/mol. The van der Waals surface area contributed by atoms with E-state index in [1.165, 1.54) is 23.2 Å². The Bertz CT molecular complexity index is 1180. The number of aldehydes is 1. The summed E-state index contributed by atoms with van der Waals surface area (Å²) in [5.74, 6) is 16.8. The Balaban J connectivity index is 1.69. The second-order valence-corrected chi connectivity index (χ2v) is 8.84. The molecule has 2 aromatic rings. The topological polar surface area (TPSA) is 142 Å². The van der Waals surface area contributed by atoms with Gasteiger partial charge in [-0.05, 0) is 41.8 Å². The number of carbonyl (C=O) groups excluding carboxylic acids is 1. The molecule has 1 aliphatic rings. The molecule has 1 saturated heterocycles. The maximum atomic E-state index is 11.3. The first-order valence-electron chi connectivity index (χ1n) is 12.3. The fourth-order valence-electron chi connectivity index (χ4n) is 4.11. The van der Waals surface area contributed by atoms with Gasteiger partial charge in [0.05, 0.1) is 25.2 Å². The number of hydrazone groups is 1. The number of hydrogen-bond acceptors (Lipinski definition) is 8. The smallest absolute Gasteiger partial charge is 0.186 e. The zero-order valence-electron chi connectivity index (χ0n) is 21.6. The van der Waals surface area contributed by atoms with Gasteiger partial charge in [-0.2, -0.15) is 5.10 Å². The number of hydrazine groups is 1. The minimum Gasteiger partial charge on any atom is -0.503 e. The molecule has 3 rings (SSSR count). The standard InChI is InChI=1S/C28H35N7O3/c1-31-20-32-28(27(37)19-36)26(18-35(30)21-33-29)16-24-8-4-22(5-9-24)2-3-23-6-10-25(11-7-23)17-34-12-14-38-15-13-34/h4-11,19-21,26,37H,12-18,29-30H2,1H3,(H,31,32)/b28-27+,33-21-. The van der Waals surface area contributed by atoms with Crippen molar-refractivity contribution in [2.45, 2.75) is 13.0 Å². The van der Waals surface area contributed by atoms with Gasteiger partial charge in [0.1, 0.15) is 6.34 Å². The average molecular weight is 518 g/mol. The Kier molecular flexibility index (Phi) is 11.3. The van der Waals surface area contributed by atoms with Crippen LogP contribution in [0.4, 0.5) is 0 Å². The monoisotopic (exact) mass is 517 g/mol. The molecule has 1 fully saturated rings. The molecule has 0 saturated carbocycles. The van der Waals surface area contributed by atoms with E-state index in [2.05, 4.69) is 44.3 Å². The van der Waals surface area contributed by atoms with E-state index in [1.54, 1.807) is 7.05 Å². The predicted molar refractivity (Wildman–Crippen MR) is 149 cm³/mol. The number of aliphatic imine (C=N–C) groups is 1. The summed E-state index contributed by atoms with van der Waals surface area (Å²) >= 11 is 0. The maximum absolute atomic E-state index is 11.3.